The normalized spacial score (nSPS) is 12.4. The van der Waals surface area contributed by atoms with Crippen molar-refractivity contribution in [3.05, 3.63) is 66.7 Å². The van der Waals surface area contributed by atoms with E-state index >= 15 is 0 Å². The molecule has 21 heavy (non-hydrogen) atoms. The summed E-state index contributed by atoms with van der Waals surface area (Å²) >= 11 is 12.0. The number of benzene rings is 2. The number of halogens is 3. The molecular weight excluding hydrogens is 460 g/mol. The van der Waals surface area contributed by atoms with Crippen LogP contribution in [0.3, 0.4) is 0 Å². The summed E-state index contributed by atoms with van der Waals surface area (Å²) in [6, 6.07) is 14.9. The molecule has 1 nitrogen and oxygen atoms in total. The van der Waals surface area contributed by atoms with Crippen LogP contribution in [0, 0.1) is 3.57 Å². The van der Waals surface area contributed by atoms with Crippen LogP contribution in [0.1, 0.15) is 30.5 Å². The number of hydrogen-bond acceptors (Lipinski definition) is 1. The molecular formula is C17H18BrClIN. The maximum Gasteiger partial charge on any atom is 0.0406 e. The fourth-order valence-electron chi connectivity index (χ4n) is 2.25. The quantitative estimate of drug-likeness (QED) is 0.503. The van der Waals surface area contributed by atoms with Crippen LogP contribution in [0.5, 0.6) is 0 Å². The third kappa shape index (κ3) is 5.23. The van der Waals surface area contributed by atoms with Crippen molar-refractivity contribution in [3.8, 4) is 0 Å². The van der Waals surface area contributed by atoms with Crippen molar-refractivity contribution in [2.24, 2.45) is 0 Å². The number of rotatable bonds is 6. The first kappa shape index (κ1) is 17.3. The Labute approximate surface area is 153 Å². The van der Waals surface area contributed by atoms with Crippen molar-refractivity contribution in [1.82, 2.24) is 5.32 Å². The van der Waals surface area contributed by atoms with Gasteiger partial charge in [0, 0.05) is 19.1 Å². The van der Waals surface area contributed by atoms with E-state index in [-0.39, 0.29) is 0 Å². The van der Waals surface area contributed by atoms with Crippen molar-refractivity contribution in [3.63, 3.8) is 0 Å². The van der Waals surface area contributed by atoms with E-state index in [1.807, 2.05) is 12.1 Å². The SMILES string of the molecule is CCCNC(Cc1ccc(Cl)cc1)c1cc(I)ccc1Br. The molecule has 0 aliphatic carbocycles. The van der Waals surface area contributed by atoms with E-state index in [9.17, 15) is 0 Å². The molecule has 2 aromatic rings. The van der Waals surface area contributed by atoms with Crippen molar-refractivity contribution in [1.29, 1.82) is 0 Å². The molecule has 2 aromatic carbocycles. The molecule has 0 fully saturated rings. The summed E-state index contributed by atoms with van der Waals surface area (Å²) in [4.78, 5) is 0. The Hall–Kier alpha value is -0.100. The second-order valence-electron chi connectivity index (χ2n) is 5.00. The molecule has 0 heterocycles. The van der Waals surface area contributed by atoms with Crippen LogP contribution < -0.4 is 5.32 Å². The van der Waals surface area contributed by atoms with E-state index in [1.165, 1.54) is 14.7 Å². The van der Waals surface area contributed by atoms with E-state index in [2.05, 4.69) is 81.1 Å². The largest absolute Gasteiger partial charge is 0.310 e. The van der Waals surface area contributed by atoms with Gasteiger partial charge in [0.1, 0.15) is 0 Å². The lowest BCUT2D eigenvalue weighted by atomic mass is 9.99. The van der Waals surface area contributed by atoms with Gasteiger partial charge in [0.05, 0.1) is 0 Å². The Morgan fingerprint density at radius 3 is 2.57 bits per heavy atom. The lowest BCUT2D eigenvalue weighted by Gasteiger charge is -2.21. The van der Waals surface area contributed by atoms with Gasteiger partial charge >= 0.3 is 0 Å². The molecule has 0 spiro atoms. The molecule has 1 unspecified atom stereocenters. The van der Waals surface area contributed by atoms with Crippen LogP contribution in [0.4, 0.5) is 0 Å². The van der Waals surface area contributed by atoms with E-state index in [1.54, 1.807) is 0 Å². The fraction of sp³-hybridized carbons (Fsp3) is 0.294. The lowest BCUT2D eigenvalue weighted by molar-refractivity contribution is 0.527. The van der Waals surface area contributed by atoms with Crippen molar-refractivity contribution >= 4 is 50.1 Å². The first-order valence-electron chi connectivity index (χ1n) is 7.03. The standard InChI is InChI=1S/C17H18BrClIN/c1-2-9-21-17(10-12-3-5-13(19)6-4-12)15-11-14(20)7-8-16(15)18/h3-8,11,17,21H,2,9-10H2,1H3. The minimum absolute atomic E-state index is 0.301. The molecule has 0 aromatic heterocycles. The van der Waals surface area contributed by atoms with Gasteiger partial charge < -0.3 is 5.32 Å². The van der Waals surface area contributed by atoms with Crippen LogP contribution in [-0.4, -0.2) is 6.54 Å². The van der Waals surface area contributed by atoms with E-state index in [0.29, 0.717) is 6.04 Å². The van der Waals surface area contributed by atoms with Gasteiger partial charge in [0.25, 0.3) is 0 Å². The van der Waals surface area contributed by atoms with Gasteiger partial charge in [-0.3, -0.25) is 0 Å². The second kappa shape index (κ2) is 8.51. The molecule has 0 aliphatic heterocycles. The van der Waals surface area contributed by atoms with E-state index in [4.69, 9.17) is 11.6 Å². The Morgan fingerprint density at radius 2 is 1.90 bits per heavy atom. The highest BCUT2D eigenvalue weighted by molar-refractivity contribution is 14.1. The summed E-state index contributed by atoms with van der Waals surface area (Å²) in [5, 5.41) is 4.44. The van der Waals surface area contributed by atoms with Crippen LogP contribution in [-0.2, 0) is 6.42 Å². The molecule has 4 heteroatoms. The maximum atomic E-state index is 5.97. The average Bonchev–Trinajstić information content (AvgIpc) is 2.48. The Kier molecular flexibility index (Phi) is 6.99. The zero-order valence-electron chi connectivity index (χ0n) is 11.9. The summed E-state index contributed by atoms with van der Waals surface area (Å²) in [7, 11) is 0. The zero-order chi connectivity index (χ0) is 15.2. The van der Waals surface area contributed by atoms with E-state index in [0.717, 1.165) is 28.9 Å². The zero-order valence-corrected chi connectivity index (χ0v) is 16.4. The Morgan fingerprint density at radius 1 is 1.19 bits per heavy atom. The summed E-state index contributed by atoms with van der Waals surface area (Å²) in [5.74, 6) is 0. The first-order chi connectivity index (χ1) is 10.1. The molecule has 1 atom stereocenters. The predicted octanol–water partition coefficient (Wildman–Crippen LogP) is 5.99. The van der Waals surface area contributed by atoms with Gasteiger partial charge in [-0.05, 0) is 83.4 Å². The summed E-state index contributed by atoms with van der Waals surface area (Å²) in [6.07, 6.45) is 2.08. The highest BCUT2D eigenvalue weighted by Gasteiger charge is 2.15. The smallest absolute Gasteiger partial charge is 0.0406 e. The van der Waals surface area contributed by atoms with Gasteiger partial charge in [-0.2, -0.15) is 0 Å². The Balaban J connectivity index is 2.25. The highest BCUT2D eigenvalue weighted by atomic mass is 127. The third-order valence-electron chi connectivity index (χ3n) is 3.33. The fourth-order valence-corrected chi connectivity index (χ4v) is 3.41. The minimum Gasteiger partial charge on any atom is -0.310 e. The Bertz CT molecular complexity index is 586. The van der Waals surface area contributed by atoms with Gasteiger partial charge in [-0.15, -0.1) is 0 Å². The van der Waals surface area contributed by atoms with Gasteiger partial charge in [0.15, 0.2) is 0 Å². The van der Waals surface area contributed by atoms with Crippen molar-refractivity contribution in [2.75, 3.05) is 6.54 Å². The summed E-state index contributed by atoms with van der Waals surface area (Å²) in [6.45, 7) is 3.20. The van der Waals surface area contributed by atoms with E-state index < -0.39 is 0 Å². The second-order valence-corrected chi connectivity index (χ2v) is 7.54. The molecule has 112 valence electrons. The van der Waals surface area contributed by atoms with Gasteiger partial charge in [-0.25, -0.2) is 0 Å². The molecule has 0 saturated carbocycles. The molecule has 0 radical (unpaired) electrons. The predicted molar refractivity (Wildman–Crippen MR) is 103 cm³/mol. The summed E-state index contributed by atoms with van der Waals surface area (Å²) < 4.78 is 2.41. The van der Waals surface area contributed by atoms with Gasteiger partial charge in [0.2, 0.25) is 0 Å². The molecule has 0 aliphatic rings. The van der Waals surface area contributed by atoms with Crippen LogP contribution in [0.15, 0.2) is 46.9 Å². The van der Waals surface area contributed by atoms with Crippen LogP contribution in [0.2, 0.25) is 5.02 Å². The van der Waals surface area contributed by atoms with Crippen LogP contribution in [0.25, 0.3) is 0 Å². The first-order valence-corrected chi connectivity index (χ1v) is 9.28. The average molecular weight is 479 g/mol. The van der Waals surface area contributed by atoms with Crippen molar-refractivity contribution < 1.29 is 0 Å². The molecule has 2 rings (SSSR count). The molecule has 1 N–H and O–H groups in total. The lowest BCUT2D eigenvalue weighted by Crippen LogP contribution is -2.24. The monoisotopic (exact) mass is 477 g/mol. The third-order valence-corrected chi connectivity index (χ3v) is 4.97. The van der Waals surface area contributed by atoms with Crippen molar-refractivity contribution in [2.45, 2.75) is 25.8 Å². The molecule has 0 saturated heterocycles. The maximum absolute atomic E-state index is 5.97. The molecule has 0 bridgehead atoms. The highest BCUT2D eigenvalue weighted by Crippen LogP contribution is 2.28. The minimum atomic E-state index is 0.301. The topological polar surface area (TPSA) is 12.0 Å². The van der Waals surface area contributed by atoms with Gasteiger partial charge in [-0.1, -0.05) is 46.6 Å². The number of hydrogen-bond donors (Lipinski definition) is 1. The van der Waals surface area contributed by atoms with Crippen LogP contribution >= 0.6 is 50.1 Å². The summed E-state index contributed by atoms with van der Waals surface area (Å²) in [5.41, 5.74) is 2.60. The molecule has 0 amide bonds. The number of nitrogens with one attached hydrogen (secondary N) is 1.